The molecule has 0 unspecified atom stereocenters. The monoisotopic (exact) mass is 421 g/mol. The standard InChI is InChI=1S/C26H32NO2P/c1-5-29-26(28)21-30(23-12-8-6-9-13-23,24-14-10-7-11-15-24)25-18-16-22(17-19-25)20-27(2,3)4/h6-19H,5,20-21H2,1-4H3/q+2. The van der Waals surface area contributed by atoms with E-state index in [1.807, 2.05) is 19.1 Å². The fourth-order valence-electron chi connectivity index (χ4n) is 3.89. The third-order valence-electron chi connectivity index (χ3n) is 5.10. The zero-order valence-electron chi connectivity index (χ0n) is 18.4. The van der Waals surface area contributed by atoms with E-state index < -0.39 is 7.26 Å². The molecule has 156 valence electrons. The molecule has 0 aromatic heterocycles. The van der Waals surface area contributed by atoms with Crippen molar-refractivity contribution in [1.82, 2.24) is 0 Å². The first-order valence-corrected chi connectivity index (χ1v) is 12.4. The summed E-state index contributed by atoms with van der Waals surface area (Å²) < 4.78 is 6.31. The van der Waals surface area contributed by atoms with E-state index in [9.17, 15) is 4.79 Å². The van der Waals surface area contributed by atoms with Gasteiger partial charge in [-0.1, -0.05) is 36.4 Å². The molecule has 4 heteroatoms. The van der Waals surface area contributed by atoms with E-state index in [4.69, 9.17) is 4.74 Å². The Morgan fingerprint density at radius 2 is 1.23 bits per heavy atom. The predicted octanol–water partition coefficient (Wildman–Crippen LogP) is 3.75. The van der Waals surface area contributed by atoms with E-state index in [1.165, 1.54) is 21.5 Å². The highest BCUT2D eigenvalue weighted by molar-refractivity contribution is 7.96. The van der Waals surface area contributed by atoms with Crippen LogP contribution in [-0.2, 0) is 16.1 Å². The van der Waals surface area contributed by atoms with Gasteiger partial charge in [-0.05, 0) is 55.5 Å². The number of carbonyl (C=O) groups excluding carboxylic acids is 1. The number of hydrogen-bond donors (Lipinski definition) is 0. The van der Waals surface area contributed by atoms with Crippen molar-refractivity contribution in [1.29, 1.82) is 0 Å². The maximum Gasteiger partial charge on any atom is 0.345 e. The van der Waals surface area contributed by atoms with E-state index in [-0.39, 0.29) is 5.97 Å². The van der Waals surface area contributed by atoms with E-state index in [0.717, 1.165) is 11.0 Å². The second-order valence-corrected chi connectivity index (χ2v) is 12.0. The lowest BCUT2D eigenvalue weighted by molar-refractivity contribution is -0.884. The first-order chi connectivity index (χ1) is 14.3. The molecule has 0 heterocycles. The van der Waals surface area contributed by atoms with Crippen molar-refractivity contribution in [3.63, 3.8) is 0 Å². The molecule has 0 saturated carbocycles. The second-order valence-electron chi connectivity index (χ2n) is 8.56. The smallest absolute Gasteiger partial charge is 0.345 e. The largest absolute Gasteiger partial charge is 0.463 e. The van der Waals surface area contributed by atoms with Gasteiger partial charge in [0.05, 0.1) is 27.7 Å². The molecule has 0 aliphatic rings. The van der Waals surface area contributed by atoms with Gasteiger partial charge in [-0.2, -0.15) is 0 Å². The third-order valence-corrected chi connectivity index (χ3v) is 9.37. The quantitative estimate of drug-likeness (QED) is 0.315. The number of carbonyl (C=O) groups is 1. The molecular weight excluding hydrogens is 389 g/mol. The first-order valence-electron chi connectivity index (χ1n) is 10.4. The average Bonchev–Trinajstić information content (AvgIpc) is 2.73. The average molecular weight is 422 g/mol. The van der Waals surface area contributed by atoms with Crippen LogP contribution >= 0.6 is 7.26 Å². The highest BCUT2D eigenvalue weighted by atomic mass is 31.2. The molecule has 0 saturated heterocycles. The molecule has 30 heavy (non-hydrogen) atoms. The Morgan fingerprint density at radius 1 is 0.767 bits per heavy atom. The van der Waals surface area contributed by atoms with Crippen molar-refractivity contribution in [3.8, 4) is 0 Å². The molecule has 0 aliphatic heterocycles. The molecule has 0 bridgehead atoms. The molecule has 3 rings (SSSR count). The molecule has 0 atom stereocenters. The number of hydrogen-bond acceptors (Lipinski definition) is 2. The topological polar surface area (TPSA) is 26.3 Å². The molecule has 0 amide bonds. The van der Waals surface area contributed by atoms with Crippen molar-refractivity contribution >= 4 is 29.1 Å². The van der Waals surface area contributed by atoms with E-state index in [0.29, 0.717) is 12.8 Å². The van der Waals surface area contributed by atoms with Gasteiger partial charge in [0.2, 0.25) is 0 Å². The van der Waals surface area contributed by atoms with Crippen LogP contribution in [0.1, 0.15) is 12.5 Å². The van der Waals surface area contributed by atoms with Gasteiger partial charge < -0.3 is 9.22 Å². The van der Waals surface area contributed by atoms with Crippen LogP contribution in [-0.4, -0.2) is 44.4 Å². The Hall–Kier alpha value is -2.48. The van der Waals surface area contributed by atoms with Crippen molar-refractivity contribution in [2.45, 2.75) is 13.5 Å². The minimum absolute atomic E-state index is 0.144. The van der Waals surface area contributed by atoms with Crippen LogP contribution in [0.25, 0.3) is 0 Å². The maximum absolute atomic E-state index is 12.8. The van der Waals surface area contributed by atoms with Crippen molar-refractivity contribution in [3.05, 3.63) is 90.5 Å². The Balaban J connectivity index is 2.18. The number of ether oxygens (including phenoxy) is 1. The predicted molar refractivity (Wildman–Crippen MR) is 128 cm³/mol. The number of rotatable bonds is 8. The second kappa shape index (κ2) is 9.55. The Labute approximate surface area is 181 Å². The minimum Gasteiger partial charge on any atom is -0.463 e. The molecular formula is C26H32NO2P+2. The van der Waals surface area contributed by atoms with Crippen molar-refractivity contribution in [2.24, 2.45) is 0 Å². The summed E-state index contributed by atoms with van der Waals surface area (Å²) in [5, 5.41) is 3.60. The lowest BCUT2D eigenvalue weighted by Crippen LogP contribution is -2.36. The normalized spacial score (nSPS) is 11.9. The van der Waals surface area contributed by atoms with Crippen LogP contribution in [0, 0.1) is 0 Å². The molecule has 0 fully saturated rings. The molecule has 3 aromatic carbocycles. The minimum atomic E-state index is -2.19. The Kier molecular flexibility index (Phi) is 7.07. The van der Waals surface area contributed by atoms with Crippen molar-refractivity contribution in [2.75, 3.05) is 33.9 Å². The van der Waals surface area contributed by atoms with Gasteiger partial charge in [-0.15, -0.1) is 0 Å². The Bertz CT molecular complexity index is 908. The first kappa shape index (κ1) is 22.2. The zero-order valence-corrected chi connectivity index (χ0v) is 19.3. The van der Waals surface area contributed by atoms with Crippen LogP contribution in [0.2, 0.25) is 0 Å². The van der Waals surface area contributed by atoms with Gasteiger partial charge in [0, 0.05) is 5.56 Å². The van der Waals surface area contributed by atoms with Crippen LogP contribution in [0.4, 0.5) is 0 Å². The summed E-state index contributed by atoms with van der Waals surface area (Å²) in [5.74, 6) is -0.144. The third kappa shape index (κ3) is 5.16. The molecule has 3 aromatic rings. The van der Waals surface area contributed by atoms with Crippen LogP contribution in [0.3, 0.4) is 0 Å². The summed E-state index contributed by atoms with van der Waals surface area (Å²) >= 11 is 0. The van der Waals surface area contributed by atoms with Gasteiger partial charge >= 0.3 is 5.97 Å². The van der Waals surface area contributed by atoms with E-state index in [2.05, 4.69) is 93.9 Å². The summed E-state index contributed by atoms with van der Waals surface area (Å²) in [6.45, 7) is 3.22. The van der Waals surface area contributed by atoms with Crippen molar-refractivity contribution < 1.29 is 14.0 Å². The highest BCUT2D eigenvalue weighted by Crippen LogP contribution is 2.55. The fraction of sp³-hybridized carbons (Fsp3) is 0.269. The van der Waals surface area contributed by atoms with Crippen LogP contribution in [0.5, 0.6) is 0 Å². The summed E-state index contributed by atoms with van der Waals surface area (Å²) in [6, 6.07) is 29.8. The summed E-state index contributed by atoms with van der Waals surface area (Å²) in [5.41, 5.74) is 1.29. The summed E-state index contributed by atoms with van der Waals surface area (Å²) in [4.78, 5) is 12.8. The van der Waals surface area contributed by atoms with Crippen LogP contribution in [0.15, 0.2) is 84.9 Å². The molecule has 0 N–H and O–H groups in total. The Morgan fingerprint density at radius 3 is 1.67 bits per heavy atom. The van der Waals surface area contributed by atoms with Gasteiger partial charge in [0.25, 0.3) is 0 Å². The van der Waals surface area contributed by atoms with Gasteiger partial charge in [-0.3, -0.25) is 0 Å². The molecule has 0 aliphatic carbocycles. The maximum atomic E-state index is 12.8. The SMILES string of the molecule is CCOC(=O)C[P+](c1ccccc1)(c1ccccc1)c1ccc(C[N+](C)(C)C)cc1. The molecule has 3 nitrogen and oxygen atoms in total. The van der Waals surface area contributed by atoms with E-state index >= 15 is 0 Å². The highest BCUT2D eigenvalue weighted by Gasteiger charge is 2.47. The number of nitrogens with zero attached hydrogens (tertiary/aromatic N) is 1. The lowest BCUT2D eigenvalue weighted by atomic mass is 10.2. The zero-order chi connectivity index (χ0) is 21.6. The number of esters is 1. The summed E-state index contributed by atoms with van der Waals surface area (Å²) in [7, 11) is 4.39. The summed E-state index contributed by atoms with van der Waals surface area (Å²) in [6.07, 6.45) is 0.365. The number of quaternary nitrogens is 1. The van der Waals surface area contributed by atoms with Crippen LogP contribution < -0.4 is 15.9 Å². The van der Waals surface area contributed by atoms with E-state index in [1.54, 1.807) is 0 Å². The van der Waals surface area contributed by atoms with Gasteiger partial charge in [0.1, 0.15) is 29.7 Å². The van der Waals surface area contributed by atoms with Gasteiger partial charge in [0.15, 0.2) is 6.16 Å². The molecule has 0 radical (unpaired) electrons. The number of benzene rings is 3. The molecule has 0 spiro atoms. The lowest BCUT2D eigenvalue weighted by Gasteiger charge is -2.27. The van der Waals surface area contributed by atoms with Gasteiger partial charge in [-0.25, -0.2) is 4.79 Å². The fourth-order valence-corrected chi connectivity index (χ4v) is 7.83.